The molecule has 62 valence electrons. The van der Waals surface area contributed by atoms with Gasteiger partial charge in [-0.3, -0.25) is 9.35 Å². The van der Waals surface area contributed by atoms with Crippen molar-refractivity contribution in [1.29, 1.82) is 0 Å². The minimum absolute atomic E-state index is 0. The SMILES string of the molecule is CCCC(=O)NS(=O)(=O)O.[H-].[Na+]. The molecular formula is C4H10NNaO4S. The van der Waals surface area contributed by atoms with E-state index in [1.165, 1.54) is 4.72 Å². The van der Waals surface area contributed by atoms with E-state index in [-0.39, 0.29) is 37.4 Å². The predicted molar refractivity (Wildman–Crippen MR) is 35.7 cm³/mol. The summed E-state index contributed by atoms with van der Waals surface area (Å²) >= 11 is 0. The predicted octanol–water partition coefficient (Wildman–Crippen LogP) is -3.18. The van der Waals surface area contributed by atoms with Crippen LogP contribution in [-0.2, 0) is 15.1 Å². The zero-order valence-electron chi connectivity index (χ0n) is 7.49. The molecule has 1 amide bonds. The normalized spacial score (nSPS) is 10.0. The maximum absolute atomic E-state index is 10.4. The van der Waals surface area contributed by atoms with Crippen LogP contribution in [0.15, 0.2) is 0 Å². The van der Waals surface area contributed by atoms with Gasteiger partial charge < -0.3 is 1.43 Å². The summed E-state index contributed by atoms with van der Waals surface area (Å²) in [7, 11) is -4.35. The number of hydrogen-bond donors (Lipinski definition) is 2. The van der Waals surface area contributed by atoms with Crippen LogP contribution >= 0.6 is 0 Å². The van der Waals surface area contributed by atoms with Crippen LogP contribution in [0.3, 0.4) is 0 Å². The molecule has 0 saturated heterocycles. The molecule has 5 nitrogen and oxygen atoms in total. The monoisotopic (exact) mass is 191 g/mol. The van der Waals surface area contributed by atoms with Crippen molar-refractivity contribution in [2.45, 2.75) is 19.8 Å². The largest absolute Gasteiger partial charge is 1.00 e. The van der Waals surface area contributed by atoms with Gasteiger partial charge in [-0.15, -0.1) is 0 Å². The van der Waals surface area contributed by atoms with Crippen molar-refractivity contribution >= 4 is 16.2 Å². The van der Waals surface area contributed by atoms with Gasteiger partial charge in [-0.05, 0) is 6.42 Å². The summed E-state index contributed by atoms with van der Waals surface area (Å²) in [5.74, 6) is -0.690. The van der Waals surface area contributed by atoms with E-state index in [2.05, 4.69) is 0 Å². The second-order valence-electron chi connectivity index (χ2n) is 1.75. The van der Waals surface area contributed by atoms with Crippen molar-refractivity contribution in [3.05, 3.63) is 0 Å². The van der Waals surface area contributed by atoms with E-state index in [9.17, 15) is 13.2 Å². The number of carbonyl (C=O) groups excluding carboxylic acids is 1. The molecule has 0 rings (SSSR count). The Labute approximate surface area is 89.2 Å². The van der Waals surface area contributed by atoms with Gasteiger partial charge in [0.1, 0.15) is 0 Å². The van der Waals surface area contributed by atoms with Crippen LogP contribution in [0.25, 0.3) is 0 Å². The molecule has 0 aromatic heterocycles. The third-order valence-corrected chi connectivity index (χ3v) is 1.21. The van der Waals surface area contributed by atoms with E-state index in [1.54, 1.807) is 6.92 Å². The zero-order valence-corrected chi connectivity index (χ0v) is 9.31. The number of nitrogens with one attached hydrogen (secondary N) is 1. The van der Waals surface area contributed by atoms with Gasteiger partial charge in [0.15, 0.2) is 0 Å². The third-order valence-electron chi connectivity index (χ3n) is 0.720. The van der Waals surface area contributed by atoms with Crippen LogP contribution in [0.2, 0.25) is 0 Å². The van der Waals surface area contributed by atoms with Gasteiger partial charge in [0, 0.05) is 6.42 Å². The fourth-order valence-corrected chi connectivity index (χ4v) is 0.812. The van der Waals surface area contributed by atoms with E-state index >= 15 is 0 Å². The first-order valence-corrected chi connectivity index (χ1v) is 4.17. The third kappa shape index (κ3) is 10.4. The van der Waals surface area contributed by atoms with E-state index in [1.807, 2.05) is 0 Å². The Balaban J connectivity index is -0.000000405. The molecule has 0 aliphatic carbocycles. The Bertz CT molecular complexity index is 217. The number of rotatable bonds is 3. The Morgan fingerprint density at radius 1 is 1.64 bits per heavy atom. The molecule has 2 N–H and O–H groups in total. The molecule has 0 unspecified atom stereocenters. The van der Waals surface area contributed by atoms with Gasteiger partial charge in [-0.1, -0.05) is 6.92 Å². The quantitative estimate of drug-likeness (QED) is 0.364. The Morgan fingerprint density at radius 2 is 2.09 bits per heavy atom. The summed E-state index contributed by atoms with van der Waals surface area (Å²) in [4.78, 5) is 10.4. The van der Waals surface area contributed by atoms with Crippen molar-refractivity contribution in [3.8, 4) is 0 Å². The van der Waals surface area contributed by atoms with Gasteiger partial charge >= 0.3 is 39.9 Å². The first-order chi connectivity index (χ1) is 4.45. The molecule has 0 spiro atoms. The number of hydrogen-bond acceptors (Lipinski definition) is 3. The van der Waals surface area contributed by atoms with E-state index < -0.39 is 16.2 Å². The van der Waals surface area contributed by atoms with Crippen LogP contribution in [0.1, 0.15) is 21.2 Å². The molecule has 0 aliphatic heterocycles. The van der Waals surface area contributed by atoms with Gasteiger partial charge in [0.25, 0.3) is 0 Å². The van der Waals surface area contributed by atoms with Crippen molar-refractivity contribution in [2.75, 3.05) is 0 Å². The topological polar surface area (TPSA) is 83.5 Å². The smallest absolute Gasteiger partial charge is 1.00 e. The summed E-state index contributed by atoms with van der Waals surface area (Å²) in [6.07, 6.45) is 0.640. The molecule has 0 aromatic rings. The molecule has 0 radical (unpaired) electrons. The molecular weight excluding hydrogens is 181 g/mol. The van der Waals surface area contributed by atoms with Crippen LogP contribution in [0.4, 0.5) is 0 Å². The molecule has 0 bridgehead atoms. The molecule has 7 heteroatoms. The summed E-state index contributed by atoms with van der Waals surface area (Å²) in [5.41, 5.74) is 0. The minimum atomic E-state index is -4.35. The summed E-state index contributed by atoms with van der Waals surface area (Å²) in [6, 6.07) is 0. The molecule has 11 heavy (non-hydrogen) atoms. The standard InChI is InChI=1S/C4H9NO4S.Na.H/c1-2-3-4(6)5-10(7,8)9;;/h2-3H2,1H3,(H,5,6)(H,7,8,9);;/q;+1;-1. The van der Waals surface area contributed by atoms with Crippen LogP contribution in [-0.4, -0.2) is 18.9 Å². The van der Waals surface area contributed by atoms with E-state index in [0.717, 1.165) is 0 Å². The molecule has 0 aliphatic rings. The van der Waals surface area contributed by atoms with Gasteiger partial charge in [0.05, 0.1) is 0 Å². The van der Waals surface area contributed by atoms with Crippen molar-refractivity contribution < 1.29 is 48.7 Å². The fraction of sp³-hybridized carbons (Fsp3) is 0.750. The maximum Gasteiger partial charge on any atom is 1.00 e. The number of carbonyl (C=O) groups is 1. The fourth-order valence-electron chi connectivity index (χ4n) is 0.422. The summed E-state index contributed by atoms with van der Waals surface area (Å²) < 4.78 is 29.3. The minimum Gasteiger partial charge on any atom is -1.00 e. The molecule has 0 heterocycles. The first kappa shape index (κ1) is 13.9. The summed E-state index contributed by atoms with van der Waals surface area (Å²) in [6.45, 7) is 1.73. The van der Waals surface area contributed by atoms with Crippen molar-refractivity contribution in [2.24, 2.45) is 0 Å². The van der Waals surface area contributed by atoms with Crippen molar-refractivity contribution in [1.82, 2.24) is 4.72 Å². The van der Waals surface area contributed by atoms with Gasteiger partial charge in [0.2, 0.25) is 5.91 Å². The Hall–Kier alpha value is 0.380. The molecule has 0 aromatic carbocycles. The van der Waals surface area contributed by atoms with Gasteiger partial charge in [-0.25, -0.2) is 4.72 Å². The maximum atomic E-state index is 10.4. The average molecular weight is 191 g/mol. The molecule has 0 fully saturated rings. The van der Waals surface area contributed by atoms with E-state index in [4.69, 9.17) is 4.55 Å². The zero-order chi connectivity index (χ0) is 8.20. The Morgan fingerprint density at radius 3 is 2.36 bits per heavy atom. The Kier molecular flexibility index (Phi) is 7.55. The molecule has 0 atom stereocenters. The average Bonchev–Trinajstić information content (AvgIpc) is 1.59. The van der Waals surface area contributed by atoms with Crippen LogP contribution in [0, 0.1) is 0 Å². The van der Waals surface area contributed by atoms with Gasteiger partial charge in [-0.2, -0.15) is 8.42 Å². The molecule has 0 saturated carbocycles. The second-order valence-corrected chi connectivity index (χ2v) is 2.90. The van der Waals surface area contributed by atoms with E-state index in [0.29, 0.717) is 6.42 Å². The second kappa shape index (κ2) is 5.96. The van der Waals surface area contributed by atoms with Crippen LogP contribution < -0.4 is 34.3 Å². The first-order valence-electron chi connectivity index (χ1n) is 2.73. The van der Waals surface area contributed by atoms with Crippen LogP contribution in [0.5, 0.6) is 0 Å². The summed E-state index contributed by atoms with van der Waals surface area (Å²) in [5, 5.41) is 0. The van der Waals surface area contributed by atoms with Crippen molar-refractivity contribution in [3.63, 3.8) is 0 Å². The number of amides is 1.